The summed E-state index contributed by atoms with van der Waals surface area (Å²) < 4.78 is 0. The predicted octanol–water partition coefficient (Wildman–Crippen LogP) is 3.80. The predicted molar refractivity (Wildman–Crippen MR) is 57.3 cm³/mol. The summed E-state index contributed by atoms with van der Waals surface area (Å²) in [4.78, 5) is 0. The summed E-state index contributed by atoms with van der Waals surface area (Å²) in [5.74, 6) is 0. The Morgan fingerprint density at radius 1 is 1.08 bits per heavy atom. The van der Waals surface area contributed by atoms with Crippen LogP contribution in [0.3, 0.4) is 0 Å². The third kappa shape index (κ3) is 2.02. The molecule has 0 saturated heterocycles. The largest absolute Gasteiger partial charge is 0.0847 e. The Balaban J connectivity index is 2.32. The quantitative estimate of drug-likeness (QED) is 0.631. The Morgan fingerprint density at radius 3 is 2.54 bits per heavy atom. The van der Waals surface area contributed by atoms with Gasteiger partial charge in [-0.25, -0.2) is 0 Å². The van der Waals surface area contributed by atoms with Gasteiger partial charge in [-0.15, -0.1) is 0 Å². The summed E-state index contributed by atoms with van der Waals surface area (Å²) in [5, 5.41) is 0.835. The Morgan fingerprint density at radius 2 is 1.85 bits per heavy atom. The van der Waals surface area contributed by atoms with Gasteiger partial charge in [0.25, 0.3) is 0 Å². The minimum atomic E-state index is 0.835. The summed E-state index contributed by atoms with van der Waals surface area (Å²) in [7, 11) is 0. The fraction of sp³-hybridized carbons (Fsp3) is 0.0833. The second-order valence-electron chi connectivity index (χ2n) is 2.99. The number of halogens is 1. The third-order valence-electron chi connectivity index (χ3n) is 2.05. The van der Waals surface area contributed by atoms with Gasteiger partial charge in [-0.3, -0.25) is 0 Å². The van der Waals surface area contributed by atoms with Crippen LogP contribution in [0.1, 0.15) is 12.0 Å². The van der Waals surface area contributed by atoms with Crippen LogP contribution >= 0.6 is 11.6 Å². The lowest BCUT2D eigenvalue weighted by molar-refractivity contribution is 1.26. The molecule has 0 N–H and O–H groups in total. The molecule has 2 rings (SSSR count). The number of hydrogen-bond donors (Lipinski definition) is 0. The summed E-state index contributed by atoms with van der Waals surface area (Å²) >= 11 is 5.93. The first-order valence-electron chi connectivity index (χ1n) is 4.32. The van der Waals surface area contributed by atoms with Crippen molar-refractivity contribution >= 4 is 17.2 Å². The number of rotatable bonds is 1. The standard InChI is InChI=1S/C12H10Cl/c13-12-8-4-7-11(9-12)10-5-2-1-3-6-10/h1-3,5-9H,4H2. The van der Waals surface area contributed by atoms with Crippen molar-refractivity contribution in [1.82, 2.24) is 0 Å². The van der Waals surface area contributed by atoms with E-state index in [0.29, 0.717) is 0 Å². The normalized spacial score (nSPS) is 16.4. The highest BCUT2D eigenvalue weighted by Crippen LogP contribution is 2.26. The molecule has 0 aromatic heterocycles. The Labute approximate surface area is 83.5 Å². The molecule has 1 radical (unpaired) electrons. The van der Waals surface area contributed by atoms with Gasteiger partial charge in [0, 0.05) is 5.03 Å². The first-order valence-corrected chi connectivity index (χ1v) is 4.70. The Kier molecular flexibility index (Phi) is 2.51. The van der Waals surface area contributed by atoms with Crippen LogP contribution in [-0.4, -0.2) is 0 Å². The van der Waals surface area contributed by atoms with Crippen molar-refractivity contribution in [1.29, 1.82) is 0 Å². The van der Waals surface area contributed by atoms with E-state index < -0.39 is 0 Å². The van der Waals surface area contributed by atoms with Gasteiger partial charge in [0.1, 0.15) is 0 Å². The van der Waals surface area contributed by atoms with E-state index in [1.165, 1.54) is 11.1 Å². The molecule has 1 heteroatoms. The van der Waals surface area contributed by atoms with Crippen molar-refractivity contribution in [2.75, 3.05) is 0 Å². The summed E-state index contributed by atoms with van der Waals surface area (Å²) in [6, 6.07) is 10.3. The topological polar surface area (TPSA) is 0 Å². The van der Waals surface area contributed by atoms with Crippen molar-refractivity contribution in [2.45, 2.75) is 6.42 Å². The average Bonchev–Trinajstić information content (AvgIpc) is 2.19. The second-order valence-corrected chi connectivity index (χ2v) is 3.43. The van der Waals surface area contributed by atoms with Gasteiger partial charge in [0.15, 0.2) is 0 Å². The lowest BCUT2D eigenvalue weighted by Gasteiger charge is -2.09. The molecule has 65 valence electrons. The van der Waals surface area contributed by atoms with E-state index in [4.69, 9.17) is 11.6 Å². The maximum absolute atomic E-state index is 5.93. The maximum atomic E-state index is 5.93. The van der Waals surface area contributed by atoms with E-state index in [1.807, 2.05) is 30.4 Å². The molecule has 0 atom stereocenters. The Hall–Kier alpha value is -1.01. The smallest absolute Gasteiger partial charge is 0.0369 e. The molecule has 1 aliphatic rings. The van der Waals surface area contributed by atoms with Crippen LogP contribution in [0.5, 0.6) is 0 Å². The molecule has 0 aliphatic heterocycles. The second kappa shape index (κ2) is 3.80. The van der Waals surface area contributed by atoms with Crippen molar-refractivity contribution in [3.05, 3.63) is 59.5 Å². The van der Waals surface area contributed by atoms with Crippen LogP contribution in [0.25, 0.3) is 5.57 Å². The fourth-order valence-corrected chi connectivity index (χ4v) is 1.60. The van der Waals surface area contributed by atoms with Crippen molar-refractivity contribution < 1.29 is 0 Å². The van der Waals surface area contributed by atoms with E-state index >= 15 is 0 Å². The highest BCUT2D eigenvalue weighted by molar-refractivity contribution is 6.32. The minimum absolute atomic E-state index is 0.835. The first-order chi connectivity index (χ1) is 6.36. The lowest BCUT2D eigenvalue weighted by Crippen LogP contribution is -1.89. The van der Waals surface area contributed by atoms with Crippen LogP contribution in [0.2, 0.25) is 0 Å². The van der Waals surface area contributed by atoms with Crippen LogP contribution in [-0.2, 0) is 0 Å². The highest BCUT2D eigenvalue weighted by Gasteiger charge is 2.05. The first kappa shape index (κ1) is 8.58. The molecule has 0 spiro atoms. The van der Waals surface area contributed by atoms with Gasteiger partial charge < -0.3 is 0 Å². The summed E-state index contributed by atoms with van der Waals surface area (Å²) in [6.45, 7) is 0. The van der Waals surface area contributed by atoms with E-state index in [0.717, 1.165) is 11.5 Å². The number of allylic oxidation sites excluding steroid dienone is 4. The van der Waals surface area contributed by atoms with E-state index in [-0.39, 0.29) is 0 Å². The van der Waals surface area contributed by atoms with Crippen molar-refractivity contribution in [3.63, 3.8) is 0 Å². The highest BCUT2D eigenvalue weighted by atomic mass is 35.5. The molecule has 1 aliphatic carbocycles. The molecule has 0 heterocycles. The molecule has 0 saturated carbocycles. The van der Waals surface area contributed by atoms with Gasteiger partial charge in [-0.05, 0) is 30.1 Å². The molecule has 0 nitrogen and oxygen atoms in total. The Bertz CT molecular complexity index is 347. The fourth-order valence-electron chi connectivity index (χ4n) is 1.40. The monoisotopic (exact) mass is 189 g/mol. The van der Waals surface area contributed by atoms with Crippen LogP contribution < -0.4 is 0 Å². The van der Waals surface area contributed by atoms with E-state index in [9.17, 15) is 0 Å². The molecule has 0 unspecified atom stereocenters. The maximum Gasteiger partial charge on any atom is 0.0369 e. The lowest BCUT2D eigenvalue weighted by atomic mass is 9.97. The molecular weight excluding hydrogens is 180 g/mol. The molecule has 1 aromatic rings. The van der Waals surface area contributed by atoms with Crippen molar-refractivity contribution in [3.8, 4) is 0 Å². The summed E-state index contributed by atoms with van der Waals surface area (Å²) in [6.07, 6.45) is 7.12. The van der Waals surface area contributed by atoms with Crippen LogP contribution in [0.4, 0.5) is 0 Å². The van der Waals surface area contributed by atoms with E-state index in [1.54, 1.807) is 0 Å². The van der Waals surface area contributed by atoms with Gasteiger partial charge >= 0.3 is 0 Å². The zero-order valence-electron chi connectivity index (χ0n) is 7.20. The SMILES string of the molecule is ClC1=CC[CH]C(c2ccccc2)=C1. The molecule has 0 amide bonds. The van der Waals surface area contributed by atoms with Crippen LogP contribution in [0.15, 0.2) is 47.5 Å². The molecule has 1 aromatic carbocycles. The molecule has 13 heavy (non-hydrogen) atoms. The van der Waals surface area contributed by atoms with Crippen molar-refractivity contribution in [2.24, 2.45) is 0 Å². The summed E-state index contributed by atoms with van der Waals surface area (Å²) in [5.41, 5.74) is 2.45. The molecule has 0 fully saturated rings. The minimum Gasteiger partial charge on any atom is -0.0847 e. The van der Waals surface area contributed by atoms with Gasteiger partial charge in [0.2, 0.25) is 0 Å². The van der Waals surface area contributed by atoms with Gasteiger partial charge in [-0.1, -0.05) is 48.0 Å². The number of hydrogen-bond acceptors (Lipinski definition) is 0. The zero-order chi connectivity index (χ0) is 9.10. The number of benzene rings is 1. The molecular formula is C12H10Cl. The molecule has 0 bridgehead atoms. The van der Waals surface area contributed by atoms with Crippen LogP contribution in [0, 0.1) is 6.42 Å². The van der Waals surface area contributed by atoms with E-state index in [2.05, 4.69) is 18.6 Å². The van der Waals surface area contributed by atoms with Gasteiger partial charge in [-0.2, -0.15) is 0 Å². The average molecular weight is 190 g/mol. The van der Waals surface area contributed by atoms with Gasteiger partial charge in [0.05, 0.1) is 0 Å². The third-order valence-corrected chi connectivity index (χ3v) is 2.31. The zero-order valence-corrected chi connectivity index (χ0v) is 7.96.